The molecular weight excluding hydrogens is 647 g/mol. The van der Waals surface area contributed by atoms with Crippen molar-refractivity contribution in [3.63, 3.8) is 0 Å². The highest BCUT2D eigenvalue weighted by Crippen LogP contribution is 2.39. The number of fused-ring (bicyclic) bond motifs is 4. The maximum absolute atomic E-state index is 6.52. The van der Waals surface area contributed by atoms with Crippen LogP contribution in [0, 0.1) is 0 Å². The summed E-state index contributed by atoms with van der Waals surface area (Å²) in [5, 5.41) is 4.28. The highest BCUT2D eigenvalue weighted by Gasteiger charge is 2.18. The van der Waals surface area contributed by atoms with Gasteiger partial charge in [0.1, 0.15) is 11.2 Å². The van der Waals surface area contributed by atoms with Gasteiger partial charge in [-0.1, -0.05) is 158 Å². The molecule has 8 aromatic carbocycles. The summed E-state index contributed by atoms with van der Waals surface area (Å²) in [5.41, 5.74) is 11.3. The standard InChI is InChI=1S/C49H31N3O/c1-4-11-32(12-5-1)34-19-21-35(22-20-34)39-27-28-42-45(31-39)53-44-18-10-17-43(46(42)44)49-51-47(37-15-8-3-9-16-37)50-48(52-49)40-26-24-36-23-25-38(29-41(36)30-40)33-13-6-2-7-14-33/h1-31H. The summed E-state index contributed by atoms with van der Waals surface area (Å²) in [6.45, 7) is 0. The Balaban J connectivity index is 1.09. The molecule has 0 unspecified atom stereocenters. The van der Waals surface area contributed by atoms with Gasteiger partial charge in [-0.3, -0.25) is 0 Å². The number of hydrogen-bond acceptors (Lipinski definition) is 4. The largest absolute Gasteiger partial charge is 0.456 e. The summed E-state index contributed by atoms with van der Waals surface area (Å²) in [6.07, 6.45) is 0. The Bertz CT molecular complexity index is 2920. The van der Waals surface area contributed by atoms with Gasteiger partial charge in [-0.2, -0.15) is 0 Å². The molecule has 0 bridgehead atoms. The summed E-state index contributed by atoms with van der Waals surface area (Å²) in [4.78, 5) is 15.3. The fourth-order valence-corrected chi connectivity index (χ4v) is 7.22. The van der Waals surface area contributed by atoms with Crippen LogP contribution in [0.3, 0.4) is 0 Å². The molecular formula is C49H31N3O. The van der Waals surface area contributed by atoms with E-state index in [1.54, 1.807) is 0 Å². The molecule has 0 fully saturated rings. The van der Waals surface area contributed by atoms with Crippen molar-refractivity contribution in [1.82, 2.24) is 15.0 Å². The molecule has 0 aliphatic heterocycles. The maximum atomic E-state index is 6.52. The van der Waals surface area contributed by atoms with Gasteiger partial charge in [0.15, 0.2) is 17.5 Å². The maximum Gasteiger partial charge on any atom is 0.164 e. The highest BCUT2D eigenvalue weighted by atomic mass is 16.3. The molecule has 53 heavy (non-hydrogen) atoms. The first-order chi connectivity index (χ1) is 26.2. The summed E-state index contributed by atoms with van der Waals surface area (Å²) in [5.74, 6) is 1.84. The van der Waals surface area contributed by atoms with Gasteiger partial charge in [-0.25, -0.2) is 15.0 Å². The number of nitrogens with zero attached hydrogens (tertiary/aromatic N) is 3. The van der Waals surface area contributed by atoms with Gasteiger partial charge in [-0.15, -0.1) is 0 Å². The van der Waals surface area contributed by atoms with Gasteiger partial charge >= 0.3 is 0 Å². The van der Waals surface area contributed by atoms with Crippen LogP contribution in [0.2, 0.25) is 0 Å². The lowest BCUT2D eigenvalue weighted by molar-refractivity contribution is 0.669. The van der Waals surface area contributed by atoms with E-state index in [1.807, 2.05) is 54.6 Å². The van der Waals surface area contributed by atoms with Gasteiger partial charge in [0.2, 0.25) is 0 Å². The minimum atomic E-state index is 0.598. The van der Waals surface area contributed by atoms with Crippen LogP contribution in [0.25, 0.3) is 100 Å². The second-order valence-electron chi connectivity index (χ2n) is 13.3. The molecule has 0 spiro atoms. The fourth-order valence-electron chi connectivity index (χ4n) is 7.22. The fraction of sp³-hybridized carbons (Fsp3) is 0. The summed E-state index contributed by atoms with van der Waals surface area (Å²) in [6, 6.07) is 65.2. The second-order valence-corrected chi connectivity index (χ2v) is 13.3. The molecule has 10 aromatic rings. The van der Waals surface area contributed by atoms with Crippen LogP contribution in [0.5, 0.6) is 0 Å². The Labute approximate surface area is 306 Å². The number of aromatic nitrogens is 3. The Morgan fingerprint density at radius 3 is 1.49 bits per heavy atom. The Kier molecular flexibility index (Phi) is 7.43. The zero-order valence-corrected chi connectivity index (χ0v) is 28.6. The molecule has 0 radical (unpaired) electrons. The van der Waals surface area contributed by atoms with E-state index in [4.69, 9.17) is 19.4 Å². The Morgan fingerprint density at radius 2 is 0.792 bits per heavy atom. The minimum absolute atomic E-state index is 0.598. The monoisotopic (exact) mass is 677 g/mol. The van der Waals surface area contributed by atoms with E-state index in [0.717, 1.165) is 60.5 Å². The Morgan fingerprint density at radius 1 is 0.302 bits per heavy atom. The summed E-state index contributed by atoms with van der Waals surface area (Å²) < 4.78 is 6.52. The van der Waals surface area contributed by atoms with Crippen LogP contribution in [-0.2, 0) is 0 Å². The molecule has 0 aliphatic carbocycles. The molecule has 4 nitrogen and oxygen atoms in total. The van der Waals surface area contributed by atoms with Crippen molar-refractivity contribution < 1.29 is 4.42 Å². The Hall–Kier alpha value is -7.17. The average Bonchev–Trinajstić information content (AvgIpc) is 3.62. The minimum Gasteiger partial charge on any atom is -0.456 e. The zero-order chi connectivity index (χ0) is 35.1. The molecule has 10 rings (SSSR count). The molecule has 0 N–H and O–H groups in total. The van der Waals surface area contributed by atoms with E-state index in [2.05, 4.69) is 133 Å². The van der Waals surface area contributed by atoms with Crippen molar-refractivity contribution in [2.75, 3.05) is 0 Å². The van der Waals surface area contributed by atoms with Crippen molar-refractivity contribution in [2.24, 2.45) is 0 Å². The van der Waals surface area contributed by atoms with Gasteiger partial charge in [0.05, 0.1) is 0 Å². The lowest BCUT2D eigenvalue weighted by Crippen LogP contribution is -2.00. The third-order valence-electron chi connectivity index (χ3n) is 9.94. The van der Waals surface area contributed by atoms with Gasteiger partial charge < -0.3 is 4.42 Å². The number of rotatable bonds is 6. The van der Waals surface area contributed by atoms with Crippen molar-refractivity contribution in [2.45, 2.75) is 0 Å². The summed E-state index contributed by atoms with van der Waals surface area (Å²) >= 11 is 0. The van der Waals surface area contributed by atoms with Crippen LogP contribution < -0.4 is 0 Å². The predicted octanol–water partition coefficient (Wildman–Crippen LogP) is 12.9. The van der Waals surface area contributed by atoms with Crippen LogP contribution in [0.4, 0.5) is 0 Å². The van der Waals surface area contributed by atoms with E-state index < -0.39 is 0 Å². The van der Waals surface area contributed by atoms with Crippen LogP contribution in [0.15, 0.2) is 192 Å². The first-order valence-corrected chi connectivity index (χ1v) is 17.8. The normalized spacial score (nSPS) is 11.4. The number of hydrogen-bond donors (Lipinski definition) is 0. The van der Waals surface area contributed by atoms with E-state index in [9.17, 15) is 0 Å². The predicted molar refractivity (Wildman–Crippen MR) is 217 cm³/mol. The van der Waals surface area contributed by atoms with Crippen molar-refractivity contribution in [1.29, 1.82) is 0 Å². The van der Waals surface area contributed by atoms with Crippen molar-refractivity contribution in [3.05, 3.63) is 188 Å². The van der Waals surface area contributed by atoms with Gasteiger partial charge in [0.25, 0.3) is 0 Å². The van der Waals surface area contributed by atoms with Crippen molar-refractivity contribution in [3.8, 4) is 67.5 Å². The molecule has 0 aliphatic rings. The molecule has 0 atom stereocenters. The highest BCUT2D eigenvalue weighted by molar-refractivity contribution is 6.12. The zero-order valence-electron chi connectivity index (χ0n) is 28.6. The lowest BCUT2D eigenvalue weighted by Gasteiger charge is -2.10. The topological polar surface area (TPSA) is 51.8 Å². The van der Waals surface area contributed by atoms with Crippen molar-refractivity contribution >= 4 is 32.7 Å². The van der Waals surface area contributed by atoms with Crippen LogP contribution >= 0.6 is 0 Å². The third-order valence-corrected chi connectivity index (χ3v) is 9.94. The lowest BCUT2D eigenvalue weighted by atomic mass is 9.99. The molecule has 0 amide bonds. The molecule has 2 aromatic heterocycles. The molecule has 4 heteroatoms. The van der Waals surface area contributed by atoms with E-state index >= 15 is 0 Å². The van der Waals surface area contributed by atoms with E-state index in [0.29, 0.717) is 17.5 Å². The van der Waals surface area contributed by atoms with E-state index in [-0.39, 0.29) is 0 Å². The first-order valence-electron chi connectivity index (χ1n) is 17.8. The molecule has 248 valence electrons. The van der Waals surface area contributed by atoms with E-state index in [1.165, 1.54) is 22.3 Å². The average molecular weight is 678 g/mol. The smallest absolute Gasteiger partial charge is 0.164 e. The molecule has 2 heterocycles. The third kappa shape index (κ3) is 5.73. The quantitative estimate of drug-likeness (QED) is 0.176. The second kappa shape index (κ2) is 12.9. The number of furan rings is 1. The number of benzene rings is 8. The SMILES string of the molecule is c1ccc(-c2ccc(-c3ccc4c(c3)oc3cccc(-c5nc(-c6ccccc6)nc(-c6ccc7ccc(-c8ccccc8)cc7c6)n5)c34)cc2)cc1. The molecule has 0 saturated heterocycles. The van der Waals surface area contributed by atoms with Gasteiger partial charge in [0, 0.05) is 27.5 Å². The molecule has 0 saturated carbocycles. The van der Waals surface area contributed by atoms with Crippen LogP contribution in [0.1, 0.15) is 0 Å². The first kappa shape index (κ1) is 30.6. The van der Waals surface area contributed by atoms with Crippen LogP contribution in [-0.4, -0.2) is 15.0 Å². The van der Waals surface area contributed by atoms with Gasteiger partial charge in [-0.05, 0) is 74.5 Å². The summed E-state index contributed by atoms with van der Waals surface area (Å²) in [7, 11) is 0.